The molecule has 4 heterocycles. The van der Waals surface area contributed by atoms with Gasteiger partial charge in [0.15, 0.2) is 0 Å². The first-order valence-electron chi connectivity index (χ1n) is 20.2. The van der Waals surface area contributed by atoms with Crippen molar-refractivity contribution in [3.63, 3.8) is 0 Å². The van der Waals surface area contributed by atoms with E-state index in [-0.39, 0.29) is 24.3 Å². The Hall–Kier alpha value is -4.83. The number of fused-ring (bicyclic) bond motifs is 1. The minimum absolute atomic E-state index is 0.0121. The predicted molar refractivity (Wildman–Crippen MR) is 212 cm³/mol. The summed E-state index contributed by atoms with van der Waals surface area (Å²) in [4.78, 5) is 43.7. The molecule has 2 saturated heterocycles. The van der Waals surface area contributed by atoms with Crippen LogP contribution in [0, 0.1) is 0 Å². The van der Waals surface area contributed by atoms with Crippen molar-refractivity contribution in [1.29, 1.82) is 0 Å². The minimum Gasteiger partial charge on any atom is -0.489 e. The summed E-state index contributed by atoms with van der Waals surface area (Å²) in [5.74, 6) is 1.21. The molecular weight excluding hydrogens is 679 g/mol. The number of rotatable bonds is 7. The van der Waals surface area contributed by atoms with E-state index in [1.165, 1.54) is 24.8 Å². The van der Waals surface area contributed by atoms with Gasteiger partial charge in [0.25, 0.3) is 5.91 Å². The van der Waals surface area contributed by atoms with Crippen LogP contribution in [0.4, 0.5) is 11.4 Å². The van der Waals surface area contributed by atoms with E-state index in [1.54, 1.807) is 0 Å². The van der Waals surface area contributed by atoms with Gasteiger partial charge in [-0.3, -0.25) is 14.4 Å². The summed E-state index contributed by atoms with van der Waals surface area (Å²) in [5.41, 5.74) is 7.98. The minimum atomic E-state index is -0.0689. The van der Waals surface area contributed by atoms with Crippen molar-refractivity contribution in [2.24, 2.45) is 0 Å². The summed E-state index contributed by atoms with van der Waals surface area (Å²) in [7, 11) is 0. The van der Waals surface area contributed by atoms with Crippen molar-refractivity contribution in [2.75, 3.05) is 55.7 Å². The smallest absolute Gasteiger partial charge is 0.251 e. The Balaban J connectivity index is 1.14. The first-order chi connectivity index (χ1) is 26.5. The lowest BCUT2D eigenvalue weighted by atomic mass is 9.81. The van der Waals surface area contributed by atoms with Crippen LogP contribution in [-0.2, 0) is 27.5 Å². The number of nitrogens with zero attached hydrogens (tertiary/aromatic N) is 3. The number of benzene rings is 3. The SMILES string of the molecule is O=C1Cn2c(-c3ccc(OCc4cc(N5CCCC5=O)ccc4N4CCOCC4)cc3)c(C3CCCCC3)c3ccc(cc32)C(=O)NCCCCCCN1. The van der Waals surface area contributed by atoms with Gasteiger partial charge in [-0.25, -0.2) is 0 Å². The average molecular weight is 732 g/mol. The zero-order chi connectivity index (χ0) is 36.9. The van der Waals surface area contributed by atoms with Gasteiger partial charge in [0.05, 0.1) is 24.4 Å². The maximum Gasteiger partial charge on any atom is 0.251 e. The van der Waals surface area contributed by atoms with E-state index in [1.807, 2.05) is 29.2 Å². The molecule has 3 aromatic carbocycles. The molecule has 2 N–H and O–H groups in total. The summed E-state index contributed by atoms with van der Waals surface area (Å²) in [6, 6.07) is 20.6. The molecule has 4 aromatic rings. The second-order valence-electron chi connectivity index (χ2n) is 15.3. The Morgan fingerprint density at radius 2 is 1.48 bits per heavy atom. The Bertz CT molecular complexity index is 1980. The standard InChI is InChI=1S/C44H53N5O5/c50-40-29-49-39-28-33(44(52)46-21-7-2-1-6-20-45-40)14-18-37(39)42(31-9-4-3-5-10-31)43(49)32-12-16-36(17-13-32)54-30-34-27-35(48-22-8-11-41(48)51)15-19-38(34)47-23-25-53-26-24-47/h12-19,27-28,31H,1-11,20-26,29-30H2,(H,45,50)(H,46,52). The van der Waals surface area contributed by atoms with Crippen molar-refractivity contribution in [2.45, 2.75) is 89.7 Å². The molecule has 10 heteroatoms. The maximum absolute atomic E-state index is 13.6. The molecule has 8 rings (SSSR count). The lowest BCUT2D eigenvalue weighted by molar-refractivity contribution is -0.121. The van der Waals surface area contributed by atoms with E-state index in [2.05, 4.69) is 56.5 Å². The lowest BCUT2D eigenvalue weighted by Crippen LogP contribution is -2.37. The summed E-state index contributed by atoms with van der Waals surface area (Å²) in [6.07, 6.45) is 11.2. The molecule has 0 spiro atoms. The van der Waals surface area contributed by atoms with Crippen LogP contribution < -0.4 is 25.2 Å². The van der Waals surface area contributed by atoms with Gasteiger partial charge in [-0.2, -0.15) is 0 Å². The van der Waals surface area contributed by atoms with Gasteiger partial charge < -0.3 is 34.5 Å². The van der Waals surface area contributed by atoms with Gasteiger partial charge in [-0.05, 0) is 104 Å². The van der Waals surface area contributed by atoms with Crippen molar-refractivity contribution < 1.29 is 23.9 Å². The van der Waals surface area contributed by atoms with Gasteiger partial charge in [-0.1, -0.05) is 38.2 Å². The third-order valence-electron chi connectivity index (χ3n) is 11.7. The van der Waals surface area contributed by atoms with Crippen LogP contribution in [0.3, 0.4) is 0 Å². The third-order valence-corrected chi connectivity index (χ3v) is 11.7. The van der Waals surface area contributed by atoms with E-state index < -0.39 is 0 Å². The summed E-state index contributed by atoms with van der Waals surface area (Å²) >= 11 is 0. The highest BCUT2D eigenvalue weighted by atomic mass is 16.5. The first kappa shape index (κ1) is 36.2. The van der Waals surface area contributed by atoms with Gasteiger partial charge in [0.2, 0.25) is 11.8 Å². The number of carbonyl (C=O) groups excluding carboxylic acids is 3. The molecule has 4 aliphatic rings. The second kappa shape index (κ2) is 16.7. The quantitative estimate of drug-likeness (QED) is 0.207. The molecular formula is C44H53N5O5. The molecule has 3 fully saturated rings. The van der Waals surface area contributed by atoms with Crippen molar-refractivity contribution in [3.8, 4) is 17.0 Å². The number of hydrogen-bond acceptors (Lipinski definition) is 6. The molecule has 1 saturated carbocycles. The van der Waals surface area contributed by atoms with Gasteiger partial charge in [-0.15, -0.1) is 0 Å². The highest BCUT2D eigenvalue weighted by Crippen LogP contribution is 2.45. The first-order valence-corrected chi connectivity index (χ1v) is 20.2. The fraction of sp³-hybridized carbons (Fsp3) is 0.477. The van der Waals surface area contributed by atoms with Gasteiger partial charge in [0, 0.05) is 67.0 Å². The number of aromatic nitrogens is 1. The van der Waals surface area contributed by atoms with Crippen LogP contribution in [0.5, 0.6) is 5.75 Å². The van der Waals surface area contributed by atoms with E-state index in [4.69, 9.17) is 9.47 Å². The summed E-state index contributed by atoms with van der Waals surface area (Å²) in [5, 5.41) is 7.42. The molecule has 0 atom stereocenters. The van der Waals surface area contributed by atoms with Crippen LogP contribution in [0.1, 0.15) is 98.0 Å². The molecule has 1 aromatic heterocycles. The monoisotopic (exact) mass is 731 g/mol. The number of nitrogens with one attached hydrogen (secondary N) is 2. The number of amides is 3. The predicted octanol–water partition coefficient (Wildman–Crippen LogP) is 7.32. The summed E-state index contributed by atoms with van der Waals surface area (Å²) < 4.78 is 14.3. The Morgan fingerprint density at radius 3 is 2.24 bits per heavy atom. The van der Waals surface area contributed by atoms with Crippen LogP contribution in [-0.4, -0.2) is 68.2 Å². The normalized spacial score (nSPS) is 19.4. The van der Waals surface area contributed by atoms with Crippen molar-refractivity contribution in [1.82, 2.24) is 15.2 Å². The fourth-order valence-corrected chi connectivity index (χ4v) is 8.89. The van der Waals surface area contributed by atoms with E-state index in [0.29, 0.717) is 50.8 Å². The molecule has 2 bridgehead atoms. The maximum atomic E-state index is 13.6. The average Bonchev–Trinajstić information content (AvgIpc) is 3.78. The van der Waals surface area contributed by atoms with Crippen LogP contribution in [0.15, 0.2) is 60.7 Å². The van der Waals surface area contributed by atoms with Crippen LogP contribution in [0.2, 0.25) is 0 Å². The molecule has 3 amide bonds. The molecule has 1 aliphatic carbocycles. The highest BCUT2D eigenvalue weighted by Gasteiger charge is 2.28. The Kier molecular flexibility index (Phi) is 11.2. The summed E-state index contributed by atoms with van der Waals surface area (Å²) in [6.45, 7) is 5.58. The van der Waals surface area contributed by atoms with E-state index in [9.17, 15) is 14.4 Å². The van der Waals surface area contributed by atoms with Crippen molar-refractivity contribution in [3.05, 3.63) is 77.4 Å². The number of ether oxygens (including phenoxy) is 2. The third kappa shape index (κ3) is 7.85. The second-order valence-corrected chi connectivity index (χ2v) is 15.3. The molecule has 10 nitrogen and oxygen atoms in total. The van der Waals surface area contributed by atoms with Gasteiger partial charge in [0.1, 0.15) is 18.9 Å². The van der Waals surface area contributed by atoms with E-state index >= 15 is 0 Å². The van der Waals surface area contributed by atoms with Crippen LogP contribution in [0.25, 0.3) is 22.2 Å². The number of anilines is 2. The molecule has 54 heavy (non-hydrogen) atoms. The highest BCUT2D eigenvalue weighted by molar-refractivity contribution is 6.01. The molecule has 0 radical (unpaired) electrons. The van der Waals surface area contributed by atoms with Gasteiger partial charge >= 0.3 is 0 Å². The molecule has 0 unspecified atom stereocenters. The number of morpholine rings is 1. The lowest BCUT2D eigenvalue weighted by Gasteiger charge is -2.31. The number of carbonyl (C=O) groups is 3. The fourth-order valence-electron chi connectivity index (χ4n) is 8.89. The zero-order valence-corrected chi connectivity index (χ0v) is 31.4. The van der Waals surface area contributed by atoms with Crippen molar-refractivity contribution >= 4 is 40.0 Å². The Morgan fingerprint density at radius 1 is 0.741 bits per heavy atom. The molecule has 284 valence electrons. The number of hydrogen-bond donors (Lipinski definition) is 2. The Labute approximate surface area is 318 Å². The zero-order valence-electron chi connectivity index (χ0n) is 31.4. The van der Waals surface area contributed by atoms with E-state index in [0.717, 1.165) is 109 Å². The topological polar surface area (TPSA) is 105 Å². The molecule has 3 aliphatic heterocycles. The largest absolute Gasteiger partial charge is 0.489 e. The van der Waals surface area contributed by atoms with Crippen LogP contribution >= 0.6 is 0 Å².